The van der Waals surface area contributed by atoms with Gasteiger partial charge in [-0.25, -0.2) is 0 Å². The van der Waals surface area contributed by atoms with E-state index < -0.39 is 0 Å². The van der Waals surface area contributed by atoms with E-state index in [1.54, 1.807) is 0 Å². The molecule has 4 heteroatoms. The molecule has 0 radical (unpaired) electrons. The van der Waals surface area contributed by atoms with Crippen molar-refractivity contribution in [3.63, 3.8) is 0 Å². The summed E-state index contributed by atoms with van der Waals surface area (Å²) >= 11 is 0. The van der Waals surface area contributed by atoms with Crippen molar-refractivity contribution in [2.24, 2.45) is 0 Å². The average Bonchev–Trinajstić information content (AvgIpc) is 2.61. The molecule has 1 N–H and O–H groups in total. The van der Waals surface area contributed by atoms with E-state index >= 15 is 0 Å². The van der Waals surface area contributed by atoms with E-state index in [-0.39, 0.29) is 12.5 Å². The van der Waals surface area contributed by atoms with E-state index in [4.69, 9.17) is 9.47 Å². The monoisotopic (exact) mass is 327 g/mol. The number of hydrogen-bond acceptors (Lipinski definition) is 3. The molecule has 0 aliphatic heterocycles. The van der Waals surface area contributed by atoms with Crippen LogP contribution in [0.3, 0.4) is 0 Å². The Morgan fingerprint density at radius 1 is 0.958 bits per heavy atom. The van der Waals surface area contributed by atoms with Crippen LogP contribution in [0.5, 0.6) is 11.5 Å². The maximum Gasteiger partial charge on any atom is 0.262 e. The molecule has 0 aliphatic carbocycles. The van der Waals surface area contributed by atoms with Crippen molar-refractivity contribution in [1.29, 1.82) is 0 Å². The van der Waals surface area contributed by atoms with Gasteiger partial charge in [0.1, 0.15) is 11.5 Å². The highest BCUT2D eigenvalue weighted by Gasteiger charge is 2.06. The van der Waals surface area contributed by atoms with Crippen molar-refractivity contribution >= 4 is 11.6 Å². The fourth-order valence-electron chi connectivity index (χ4n) is 2.28. The first-order valence-corrected chi connectivity index (χ1v) is 8.37. The lowest BCUT2D eigenvalue weighted by atomic mass is 9.99. The normalized spacial score (nSPS) is 11.6. The van der Waals surface area contributed by atoms with Crippen LogP contribution in [0.15, 0.2) is 48.5 Å². The average molecular weight is 327 g/mol. The number of anilines is 1. The van der Waals surface area contributed by atoms with Crippen LogP contribution in [0.2, 0.25) is 0 Å². The molecule has 0 aromatic heterocycles. The number of carbonyl (C=O) groups is 1. The second kappa shape index (κ2) is 8.96. The molecule has 0 spiro atoms. The second-order valence-corrected chi connectivity index (χ2v) is 5.67. The third kappa shape index (κ3) is 5.30. The molecular weight excluding hydrogens is 302 g/mol. The molecule has 0 heterocycles. The SMILES string of the molecule is CCOc1ccc(NC(=O)COc2ccc([C@H](C)CC)cc2)cc1. The molecule has 1 atom stereocenters. The first-order chi connectivity index (χ1) is 11.6. The van der Waals surface area contributed by atoms with Crippen molar-refractivity contribution in [2.45, 2.75) is 33.1 Å². The summed E-state index contributed by atoms with van der Waals surface area (Å²) in [6.07, 6.45) is 1.10. The van der Waals surface area contributed by atoms with Crippen LogP contribution in [-0.4, -0.2) is 19.1 Å². The Morgan fingerprint density at radius 2 is 1.54 bits per heavy atom. The molecule has 0 fully saturated rings. The topological polar surface area (TPSA) is 47.6 Å². The van der Waals surface area contributed by atoms with Crippen LogP contribution >= 0.6 is 0 Å². The number of hydrogen-bond donors (Lipinski definition) is 1. The third-order valence-electron chi connectivity index (χ3n) is 3.88. The van der Waals surface area contributed by atoms with Gasteiger partial charge >= 0.3 is 0 Å². The predicted octanol–water partition coefficient (Wildman–Crippen LogP) is 4.62. The number of nitrogens with one attached hydrogen (secondary N) is 1. The van der Waals surface area contributed by atoms with Gasteiger partial charge in [-0.15, -0.1) is 0 Å². The zero-order valence-corrected chi connectivity index (χ0v) is 14.5. The quantitative estimate of drug-likeness (QED) is 0.770. The first-order valence-electron chi connectivity index (χ1n) is 8.37. The molecule has 4 nitrogen and oxygen atoms in total. The van der Waals surface area contributed by atoms with Crippen molar-refractivity contribution in [2.75, 3.05) is 18.5 Å². The van der Waals surface area contributed by atoms with E-state index in [9.17, 15) is 4.79 Å². The van der Waals surface area contributed by atoms with Gasteiger partial charge < -0.3 is 14.8 Å². The molecule has 2 rings (SSSR count). The molecule has 1 amide bonds. The summed E-state index contributed by atoms with van der Waals surface area (Å²) in [6.45, 7) is 6.90. The van der Waals surface area contributed by atoms with Crippen molar-refractivity contribution in [1.82, 2.24) is 0 Å². The largest absolute Gasteiger partial charge is 0.494 e. The molecule has 0 aliphatic rings. The summed E-state index contributed by atoms with van der Waals surface area (Å²) < 4.78 is 10.9. The Labute approximate surface area is 143 Å². The number of amides is 1. The lowest BCUT2D eigenvalue weighted by Gasteiger charge is -2.11. The summed E-state index contributed by atoms with van der Waals surface area (Å²) in [7, 11) is 0. The molecule has 0 bridgehead atoms. The first kappa shape index (κ1) is 17.9. The van der Waals surface area contributed by atoms with Crippen LogP contribution in [0.25, 0.3) is 0 Å². The summed E-state index contributed by atoms with van der Waals surface area (Å²) in [6, 6.07) is 15.2. The van der Waals surface area contributed by atoms with E-state index in [1.165, 1.54) is 5.56 Å². The summed E-state index contributed by atoms with van der Waals surface area (Å²) in [4.78, 5) is 12.0. The maximum atomic E-state index is 12.0. The van der Waals surface area contributed by atoms with Gasteiger partial charge in [0, 0.05) is 5.69 Å². The van der Waals surface area contributed by atoms with Crippen molar-refractivity contribution in [3.05, 3.63) is 54.1 Å². The number of carbonyl (C=O) groups excluding carboxylic acids is 1. The van der Waals surface area contributed by atoms with E-state index in [0.717, 1.165) is 17.9 Å². The lowest BCUT2D eigenvalue weighted by molar-refractivity contribution is -0.118. The van der Waals surface area contributed by atoms with Gasteiger partial charge in [0.05, 0.1) is 6.61 Å². The Morgan fingerprint density at radius 3 is 2.12 bits per heavy atom. The van der Waals surface area contributed by atoms with Gasteiger partial charge in [0.2, 0.25) is 0 Å². The van der Waals surface area contributed by atoms with Gasteiger partial charge in [0.25, 0.3) is 5.91 Å². The van der Waals surface area contributed by atoms with Gasteiger partial charge in [-0.1, -0.05) is 26.0 Å². The van der Waals surface area contributed by atoms with Gasteiger partial charge in [-0.2, -0.15) is 0 Å². The van der Waals surface area contributed by atoms with Crippen LogP contribution in [0, 0.1) is 0 Å². The van der Waals surface area contributed by atoms with Crippen LogP contribution in [0.4, 0.5) is 5.69 Å². The third-order valence-corrected chi connectivity index (χ3v) is 3.88. The maximum absolute atomic E-state index is 12.0. The fraction of sp³-hybridized carbons (Fsp3) is 0.350. The summed E-state index contributed by atoms with van der Waals surface area (Å²) in [5.41, 5.74) is 2.00. The number of rotatable bonds is 8. The molecule has 0 saturated carbocycles. The zero-order chi connectivity index (χ0) is 17.4. The van der Waals surface area contributed by atoms with E-state index in [0.29, 0.717) is 18.3 Å². The standard InChI is InChI=1S/C20H25NO3/c1-4-15(3)16-6-10-19(11-7-16)24-14-20(22)21-17-8-12-18(13-9-17)23-5-2/h6-13,15H,4-5,14H2,1-3H3,(H,21,22)/t15-/m1/s1. The number of benzene rings is 2. The summed E-state index contributed by atoms with van der Waals surface area (Å²) in [5.74, 6) is 1.82. The number of ether oxygens (including phenoxy) is 2. The molecule has 2 aromatic rings. The Balaban J connectivity index is 1.82. The van der Waals surface area contributed by atoms with E-state index in [2.05, 4.69) is 19.2 Å². The van der Waals surface area contributed by atoms with Crippen molar-refractivity contribution < 1.29 is 14.3 Å². The molecule has 0 unspecified atom stereocenters. The van der Waals surface area contributed by atoms with Crippen LogP contribution in [0.1, 0.15) is 38.7 Å². The molecule has 0 saturated heterocycles. The molecular formula is C20H25NO3. The van der Waals surface area contributed by atoms with Gasteiger partial charge in [-0.05, 0) is 61.2 Å². The highest BCUT2D eigenvalue weighted by atomic mass is 16.5. The summed E-state index contributed by atoms with van der Waals surface area (Å²) in [5, 5.41) is 2.80. The Hall–Kier alpha value is -2.49. The lowest BCUT2D eigenvalue weighted by Crippen LogP contribution is -2.20. The molecule has 24 heavy (non-hydrogen) atoms. The molecule has 2 aromatic carbocycles. The van der Waals surface area contributed by atoms with Crippen LogP contribution < -0.4 is 14.8 Å². The minimum Gasteiger partial charge on any atom is -0.494 e. The minimum absolute atomic E-state index is 0.0180. The van der Waals surface area contributed by atoms with Gasteiger partial charge in [-0.3, -0.25) is 4.79 Å². The highest BCUT2D eigenvalue weighted by molar-refractivity contribution is 5.91. The predicted molar refractivity (Wildman–Crippen MR) is 96.9 cm³/mol. The van der Waals surface area contributed by atoms with Gasteiger partial charge in [0.15, 0.2) is 6.61 Å². The zero-order valence-electron chi connectivity index (χ0n) is 14.5. The second-order valence-electron chi connectivity index (χ2n) is 5.67. The van der Waals surface area contributed by atoms with E-state index in [1.807, 2.05) is 55.5 Å². The molecule has 128 valence electrons. The van der Waals surface area contributed by atoms with Crippen molar-refractivity contribution in [3.8, 4) is 11.5 Å². The van der Waals surface area contributed by atoms with Crippen LogP contribution in [-0.2, 0) is 4.79 Å². The highest BCUT2D eigenvalue weighted by Crippen LogP contribution is 2.21. The Bertz CT molecular complexity index is 635. The fourth-order valence-corrected chi connectivity index (χ4v) is 2.28. The minimum atomic E-state index is -0.190. The Kier molecular flexibility index (Phi) is 6.67. The smallest absolute Gasteiger partial charge is 0.262 e.